The van der Waals surface area contributed by atoms with E-state index < -0.39 is 0 Å². The topological polar surface area (TPSA) is 43.6 Å². The molecule has 4 nitrogen and oxygen atoms in total. The van der Waals surface area contributed by atoms with Gasteiger partial charge in [0.1, 0.15) is 13.4 Å². The van der Waals surface area contributed by atoms with Crippen LogP contribution in [-0.2, 0) is 0 Å². The van der Waals surface area contributed by atoms with Crippen molar-refractivity contribution in [3.63, 3.8) is 0 Å². The molecule has 3 unspecified atom stereocenters. The Morgan fingerprint density at radius 3 is 2.84 bits per heavy atom. The zero-order valence-corrected chi connectivity index (χ0v) is 19.5. The Balaban J connectivity index is 1.80. The molecule has 4 rings (SSSR count). The number of pyridine rings is 1. The minimum Gasteiger partial charge on any atom is -0.256 e. The van der Waals surface area contributed by atoms with E-state index in [1.807, 2.05) is 41.2 Å². The average Bonchev–Trinajstić information content (AvgIpc) is 3.26. The molecule has 0 bridgehead atoms. The molecule has 162 valence electrons. The Labute approximate surface area is 192 Å². The molecule has 0 fully saturated rings. The SMILES string of the molecule is [B]C1=CCC(C(C)(C=CCC)C(C)CC)C(c2cc(-n3nnc4ccccc43)ccn2)=C1. The van der Waals surface area contributed by atoms with Crippen LogP contribution in [0.25, 0.3) is 22.3 Å². The summed E-state index contributed by atoms with van der Waals surface area (Å²) >= 11 is 0. The number of aromatic nitrogens is 4. The van der Waals surface area contributed by atoms with Gasteiger partial charge in [-0.3, -0.25) is 4.98 Å². The van der Waals surface area contributed by atoms with Crippen molar-refractivity contribution in [2.45, 2.75) is 47.0 Å². The van der Waals surface area contributed by atoms with Gasteiger partial charge in [0.05, 0.1) is 16.9 Å². The Kier molecular flexibility index (Phi) is 6.45. The van der Waals surface area contributed by atoms with Crippen molar-refractivity contribution in [2.75, 3.05) is 0 Å². The number of hydrogen-bond acceptors (Lipinski definition) is 3. The van der Waals surface area contributed by atoms with Crippen LogP contribution in [0.15, 0.2) is 72.4 Å². The standard InChI is InChI=1S/C27H31BN4/c1-5-7-15-27(4,19(3)6-2)23-13-12-20(28)17-22(23)25-18-21(14-16-29-25)32-26-11-9-8-10-24(26)30-31-32/h7-12,14-19,23H,5-6,13H2,1-4H3. The highest BCUT2D eigenvalue weighted by Crippen LogP contribution is 2.49. The van der Waals surface area contributed by atoms with Gasteiger partial charge < -0.3 is 0 Å². The molecular weight excluding hydrogens is 391 g/mol. The summed E-state index contributed by atoms with van der Waals surface area (Å²) in [5.41, 5.74) is 5.76. The molecule has 3 aromatic rings. The fourth-order valence-corrected chi connectivity index (χ4v) is 4.77. The molecule has 0 saturated carbocycles. The molecule has 2 heterocycles. The molecule has 1 aromatic carbocycles. The fourth-order valence-electron chi connectivity index (χ4n) is 4.77. The molecule has 3 atom stereocenters. The molecule has 2 radical (unpaired) electrons. The van der Waals surface area contributed by atoms with Crippen molar-refractivity contribution in [2.24, 2.45) is 17.3 Å². The van der Waals surface area contributed by atoms with Gasteiger partial charge in [-0.05, 0) is 59.9 Å². The van der Waals surface area contributed by atoms with Crippen LogP contribution < -0.4 is 0 Å². The zero-order valence-electron chi connectivity index (χ0n) is 19.5. The van der Waals surface area contributed by atoms with E-state index in [2.05, 4.69) is 68.4 Å². The molecule has 1 aliphatic carbocycles. The highest BCUT2D eigenvalue weighted by Gasteiger charge is 2.39. The van der Waals surface area contributed by atoms with Gasteiger partial charge in [0.15, 0.2) is 0 Å². The van der Waals surface area contributed by atoms with E-state index in [0.29, 0.717) is 11.8 Å². The van der Waals surface area contributed by atoms with Crippen molar-refractivity contribution < 1.29 is 0 Å². The van der Waals surface area contributed by atoms with Gasteiger partial charge in [-0.25, -0.2) is 4.68 Å². The van der Waals surface area contributed by atoms with Crippen molar-refractivity contribution in [1.29, 1.82) is 0 Å². The number of allylic oxidation sites excluding steroid dienone is 6. The Bertz CT molecular complexity index is 1190. The molecular formula is C27H31BN4. The summed E-state index contributed by atoms with van der Waals surface area (Å²) in [7, 11) is 6.30. The van der Waals surface area contributed by atoms with Crippen LogP contribution in [0.3, 0.4) is 0 Å². The van der Waals surface area contributed by atoms with Crippen molar-refractivity contribution in [3.05, 3.63) is 78.1 Å². The second kappa shape index (κ2) is 9.27. The van der Waals surface area contributed by atoms with Crippen LogP contribution in [0.5, 0.6) is 0 Å². The number of para-hydroxylation sites is 1. The van der Waals surface area contributed by atoms with Gasteiger partial charge in [0.2, 0.25) is 0 Å². The van der Waals surface area contributed by atoms with Gasteiger partial charge in [0, 0.05) is 6.20 Å². The molecule has 5 heteroatoms. The average molecular weight is 422 g/mol. The first-order valence-corrected chi connectivity index (χ1v) is 11.6. The number of fused-ring (bicyclic) bond motifs is 1. The summed E-state index contributed by atoms with van der Waals surface area (Å²) in [6.07, 6.45) is 13.9. The summed E-state index contributed by atoms with van der Waals surface area (Å²) in [6, 6.07) is 12.1. The minimum atomic E-state index is 0.00539. The van der Waals surface area contributed by atoms with E-state index in [4.69, 9.17) is 12.8 Å². The molecule has 0 aliphatic heterocycles. The summed E-state index contributed by atoms with van der Waals surface area (Å²) in [5, 5.41) is 8.70. The maximum absolute atomic E-state index is 6.30. The molecule has 0 amide bonds. The molecule has 2 aromatic heterocycles. The second-order valence-electron chi connectivity index (χ2n) is 8.97. The van der Waals surface area contributed by atoms with E-state index in [0.717, 1.165) is 47.1 Å². The third kappa shape index (κ3) is 4.08. The van der Waals surface area contributed by atoms with Gasteiger partial charge in [-0.15, -0.1) is 10.6 Å². The second-order valence-corrected chi connectivity index (χ2v) is 8.97. The monoisotopic (exact) mass is 422 g/mol. The summed E-state index contributed by atoms with van der Waals surface area (Å²) in [5.74, 6) is 0.816. The van der Waals surface area contributed by atoms with Crippen molar-refractivity contribution in [3.8, 4) is 5.69 Å². The minimum absolute atomic E-state index is 0.00539. The van der Waals surface area contributed by atoms with E-state index in [-0.39, 0.29) is 5.41 Å². The van der Waals surface area contributed by atoms with Crippen molar-refractivity contribution in [1.82, 2.24) is 20.0 Å². The predicted octanol–water partition coefficient (Wildman–Crippen LogP) is 6.29. The van der Waals surface area contributed by atoms with Crippen molar-refractivity contribution >= 4 is 24.5 Å². The van der Waals surface area contributed by atoms with E-state index in [9.17, 15) is 0 Å². The number of rotatable bonds is 7. The summed E-state index contributed by atoms with van der Waals surface area (Å²) in [4.78, 5) is 4.78. The van der Waals surface area contributed by atoms with Gasteiger partial charge in [0.25, 0.3) is 0 Å². The van der Waals surface area contributed by atoms with Crippen LogP contribution in [0.1, 0.15) is 52.7 Å². The predicted molar refractivity (Wildman–Crippen MR) is 134 cm³/mol. The molecule has 0 N–H and O–H groups in total. The highest BCUT2D eigenvalue weighted by molar-refractivity contribution is 6.24. The Morgan fingerprint density at radius 1 is 1.25 bits per heavy atom. The lowest BCUT2D eigenvalue weighted by Gasteiger charge is -2.42. The summed E-state index contributed by atoms with van der Waals surface area (Å²) < 4.78 is 1.88. The Hall–Kier alpha value is -2.95. The lowest BCUT2D eigenvalue weighted by molar-refractivity contribution is 0.200. The zero-order chi connectivity index (χ0) is 22.7. The van der Waals surface area contributed by atoms with E-state index in [1.165, 1.54) is 5.57 Å². The van der Waals surface area contributed by atoms with Crippen LogP contribution in [0.2, 0.25) is 0 Å². The first kappa shape index (κ1) is 22.3. The fraction of sp³-hybridized carbons (Fsp3) is 0.370. The molecule has 0 spiro atoms. The lowest BCUT2D eigenvalue weighted by Crippen LogP contribution is -2.34. The van der Waals surface area contributed by atoms with Gasteiger partial charge >= 0.3 is 0 Å². The quantitative estimate of drug-likeness (QED) is 0.332. The molecule has 0 saturated heterocycles. The third-order valence-electron chi connectivity index (χ3n) is 7.06. The van der Waals surface area contributed by atoms with Crippen LogP contribution in [0, 0.1) is 17.3 Å². The summed E-state index contributed by atoms with van der Waals surface area (Å²) in [6.45, 7) is 9.20. The Morgan fingerprint density at radius 2 is 2.06 bits per heavy atom. The largest absolute Gasteiger partial charge is 0.256 e. The van der Waals surface area contributed by atoms with Gasteiger partial charge in [-0.1, -0.05) is 75.8 Å². The molecule has 32 heavy (non-hydrogen) atoms. The normalized spacial score (nSPS) is 19.6. The first-order valence-electron chi connectivity index (χ1n) is 11.6. The number of hydrogen-bond donors (Lipinski definition) is 0. The smallest absolute Gasteiger partial charge is 0.113 e. The molecule has 1 aliphatic rings. The lowest BCUT2D eigenvalue weighted by atomic mass is 9.61. The maximum Gasteiger partial charge on any atom is 0.113 e. The number of nitrogens with zero attached hydrogens (tertiary/aromatic N) is 4. The first-order chi connectivity index (χ1) is 15.5. The third-order valence-corrected chi connectivity index (χ3v) is 7.06. The number of benzene rings is 1. The van der Waals surface area contributed by atoms with E-state index in [1.54, 1.807) is 0 Å². The van der Waals surface area contributed by atoms with E-state index >= 15 is 0 Å². The van der Waals surface area contributed by atoms with Crippen LogP contribution >= 0.6 is 0 Å². The highest BCUT2D eigenvalue weighted by atomic mass is 15.4. The van der Waals surface area contributed by atoms with Crippen LogP contribution in [-0.4, -0.2) is 27.8 Å². The maximum atomic E-state index is 6.30. The van der Waals surface area contributed by atoms with Crippen LogP contribution in [0.4, 0.5) is 0 Å². The van der Waals surface area contributed by atoms with Gasteiger partial charge in [-0.2, -0.15) is 0 Å².